The highest BCUT2D eigenvalue weighted by atomic mass is 16.3. The van der Waals surface area contributed by atoms with Gasteiger partial charge in [0.15, 0.2) is 0 Å². The molecular formula is C29H37N5O2. The van der Waals surface area contributed by atoms with Crippen LogP contribution >= 0.6 is 0 Å². The number of hydrogen-bond acceptors (Lipinski definition) is 5. The summed E-state index contributed by atoms with van der Waals surface area (Å²) in [5.74, 6) is 0.635. The first-order valence-corrected chi connectivity index (χ1v) is 13.5. The molecule has 190 valence electrons. The zero-order valence-corrected chi connectivity index (χ0v) is 21.4. The summed E-state index contributed by atoms with van der Waals surface area (Å²) in [6, 6.07) is 13.2. The fraction of sp³-hybridized carbons (Fsp3) is 0.517. The summed E-state index contributed by atoms with van der Waals surface area (Å²) >= 11 is 0. The molecule has 2 aliphatic heterocycles. The first-order valence-electron chi connectivity index (χ1n) is 13.5. The molecule has 4 heterocycles. The van der Waals surface area contributed by atoms with Gasteiger partial charge < -0.3 is 19.8 Å². The van der Waals surface area contributed by atoms with Crippen LogP contribution in [-0.2, 0) is 10.4 Å². The van der Waals surface area contributed by atoms with Gasteiger partial charge >= 0.3 is 0 Å². The molecule has 0 unspecified atom stereocenters. The van der Waals surface area contributed by atoms with Crippen molar-refractivity contribution in [1.82, 2.24) is 19.4 Å². The van der Waals surface area contributed by atoms with E-state index in [0.29, 0.717) is 11.9 Å². The van der Waals surface area contributed by atoms with Crippen LogP contribution in [0.1, 0.15) is 45.1 Å². The van der Waals surface area contributed by atoms with Gasteiger partial charge in [-0.1, -0.05) is 24.3 Å². The van der Waals surface area contributed by atoms with E-state index in [0.717, 1.165) is 92.8 Å². The maximum Gasteiger partial charge on any atom is 0.225 e. The van der Waals surface area contributed by atoms with Crippen molar-refractivity contribution >= 4 is 17.1 Å². The molecule has 36 heavy (non-hydrogen) atoms. The average Bonchev–Trinajstić information content (AvgIpc) is 3.66. The number of nitrogens with zero attached hydrogens (tertiary/aromatic N) is 5. The van der Waals surface area contributed by atoms with Gasteiger partial charge in [-0.05, 0) is 62.8 Å². The van der Waals surface area contributed by atoms with Crippen molar-refractivity contribution in [2.24, 2.45) is 5.92 Å². The number of carbonyl (C=O) groups is 1. The van der Waals surface area contributed by atoms with Crippen LogP contribution in [0.5, 0.6) is 0 Å². The third-order valence-electron chi connectivity index (χ3n) is 8.46. The van der Waals surface area contributed by atoms with E-state index in [1.54, 1.807) is 0 Å². The number of anilines is 1. The Labute approximate surface area is 213 Å². The number of rotatable bonds is 5. The normalized spacial score (nSPS) is 20.9. The Morgan fingerprint density at radius 2 is 1.67 bits per heavy atom. The first kappa shape index (κ1) is 23.5. The summed E-state index contributed by atoms with van der Waals surface area (Å²) in [4.78, 5) is 19.3. The zero-order chi connectivity index (χ0) is 24.9. The van der Waals surface area contributed by atoms with Gasteiger partial charge in [0.05, 0.1) is 16.8 Å². The molecular weight excluding hydrogens is 450 g/mol. The SMILES string of the molecule is CC(C)N1CCC(O)(c2ccc(-c3cc4c(N5CCN(C(=O)C6CC6)CC5)ccnn4c3)cc2)CC1. The van der Waals surface area contributed by atoms with E-state index in [4.69, 9.17) is 0 Å². The number of benzene rings is 1. The maximum absolute atomic E-state index is 12.4. The molecule has 0 bridgehead atoms. The number of carbonyl (C=O) groups excluding carboxylic acids is 1. The summed E-state index contributed by atoms with van der Waals surface area (Å²) in [6.45, 7) is 9.57. The predicted molar refractivity (Wildman–Crippen MR) is 142 cm³/mol. The predicted octanol–water partition coefficient (Wildman–Crippen LogP) is 3.75. The molecule has 1 aliphatic carbocycles. The van der Waals surface area contributed by atoms with Crippen molar-refractivity contribution in [2.75, 3.05) is 44.2 Å². The van der Waals surface area contributed by atoms with Crippen molar-refractivity contribution in [3.05, 3.63) is 54.4 Å². The Bertz CT molecular complexity index is 1230. The van der Waals surface area contributed by atoms with Gasteiger partial charge in [-0.2, -0.15) is 5.10 Å². The minimum absolute atomic E-state index is 0.289. The Kier molecular flexibility index (Phi) is 6.00. The molecule has 1 saturated carbocycles. The van der Waals surface area contributed by atoms with Crippen molar-refractivity contribution < 1.29 is 9.90 Å². The van der Waals surface area contributed by atoms with Crippen LogP contribution in [0.4, 0.5) is 5.69 Å². The summed E-state index contributed by atoms with van der Waals surface area (Å²) in [6.07, 6.45) is 7.61. The number of piperidine rings is 1. The van der Waals surface area contributed by atoms with Crippen LogP contribution < -0.4 is 4.90 Å². The van der Waals surface area contributed by atoms with Crippen LogP contribution in [0.2, 0.25) is 0 Å². The smallest absolute Gasteiger partial charge is 0.225 e. The minimum Gasteiger partial charge on any atom is -0.385 e. The molecule has 0 radical (unpaired) electrons. The number of likely N-dealkylation sites (tertiary alicyclic amines) is 1. The van der Waals surface area contributed by atoms with Crippen LogP contribution in [0.15, 0.2) is 48.8 Å². The molecule has 1 N–H and O–H groups in total. The van der Waals surface area contributed by atoms with E-state index >= 15 is 0 Å². The summed E-state index contributed by atoms with van der Waals surface area (Å²) in [5.41, 5.74) is 4.75. The second-order valence-corrected chi connectivity index (χ2v) is 11.1. The third kappa shape index (κ3) is 4.39. The lowest BCUT2D eigenvalue weighted by atomic mass is 9.83. The van der Waals surface area contributed by atoms with Gasteiger partial charge in [-0.3, -0.25) is 4.79 Å². The van der Waals surface area contributed by atoms with Crippen LogP contribution in [0, 0.1) is 5.92 Å². The number of fused-ring (bicyclic) bond motifs is 1. The first-order chi connectivity index (χ1) is 17.4. The lowest BCUT2D eigenvalue weighted by Gasteiger charge is -2.40. The average molecular weight is 488 g/mol. The number of hydrogen-bond donors (Lipinski definition) is 1. The standard InChI is InChI=1S/C29H37N5O2/c1-21(2)31-13-10-29(36,11-14-31)25-7-5-22(6-8-25)24-19-27-26(9-12-30-34(27)20-24)32-15-17-33(18-16-32)28(35)23-3-4-23/h5-9,12,19-21,23,36H,3-4,10-11,13-18H2,1-2H3. The van der Waals surface area contributed by atoms with Gasteiger partial charge in [-0.15, -0.1) is 0 Å². The van der Waals surface area contributed by atoms with Crippen LogP contribution in [0.25, 0.3) is 16.6 Å². The van der Waals surface area contributed by atoms with Gasteiger partial charge in [0, 0.05) is 69.2 Å². The molecule has 1 amide bonds. The van der Waals surface area contributed by atoms with Gasteiger partial charge in [-0.25, -0.2) is 4.52 Å². The lowest BCUT2D eigenvalue weighted by Crippen LogP contribution is -2.49. The highest BCUT2D eigenvalue weighted by molar-refractivity contribution is 5.82. The van der Waals surface area contributed by atoms with E-state index in [-0.39, 0.29) is 5.92 Å². The molecule has 3 fully saturated rings. The van der Waals surface area contributed by atoms with Crippen LogP contribution in [-0.4, -0.2) is 75.7 Å². The molecule has 3 aliphatic rings. The fourth-order valence-electron chi connectivity index (χ4n) is 5.85. The van der Waals surface area contributed by atoms with Gasteiger partial charge in [0.2, 0.25) is 5.91 Å². The Morgan fingerprint density at radius 3 is 2.31 bits per heavy atom. The monoisotopic (exact) mass is 487 g/mol. The van der Waals surface area contributed by atoms with Crippen molar-refractivity contribution in [1.29, 1.82) is 0 Å². The second-order valence-electron chi connectivity index (χ2n) is 11.1. The van der Waals surface area contributed by atoms with Gasteiger partial charge in [0.1, 0.15) is 0 Å². The summed E-state index contributed by atoms with van der Waals surface area (Å²) in [7, 11) is 0. The fourth-order valence-corrected chi connectivity index (χ4v) is 5.85. The van der Waals surface area contributed by atoms with E-state index in [9.17, 15) is 9.90 Å². The van der Waals surface area contributed by atoms with Crippen molar-refractivity contribution in [3.63, 3.8) is 0 Å². The largest absolute Gasteiger partial charge is 0.385 e. The van der Waals surface area contributed by atoms with Crippen LogP contribution in [0.3, 0.4) is 0 Å². The van der Waals surface area contributed by atoms with E-state index in [1.807, 2.05) is 15.6 Å². The molecule has 6 rings (SSSR count). The Hall–Kier alpha value is -2.90. The van der Waals surface area contributed by atoms with E-state index in [1.165, 1.54) is 0 Å². The highest BCUT2D eigenvalue weighted by Crippen LogP contribution is 2.36. The quantitative estimate of drug-likeness (QED) is 0.594. The van der Waals surface area contributed by atoms with Crippen molar-refractivity contribution in [3.8, 4) is 11.1 Å². The Balaban J connectivity index is 1.18. The molecule has 0 atom stereocenters. The topological polar surface area (TPSA) is 64.3 Å². The molecule has 3 aromatic rings. The number of aliphatic hydroxyl groups is 1. The zero-order valence-electron chi connectivity index (χ0n) is 21.4. The highest BCUT2D eigenvalue weighted by Gasteiger charge is 2.35. The van der Waals surface area contributed by atoms with E-state index < -0.39 is 5.60 Å². The van der Waals surface area contributed by atoms with Gasteiger partial charge in [0.25, 0.3) is 0 Å². The molecule has 2 saturated heterocycles. The van der Waals surface area contributed by atoms with Crippen molar-refractivity contribution in [2.45, 2.75) is 51.2 Å². The van der Waals surface area contributed by atoms with E-state index in [2.05, 4.69) is 71.3 Å². The number of piperazine rings is 1. The molecule has 7 heteroatoms. The second kappa shape index (κ2) is 9.20. The summed E-state index contributed by atoms with van der Waals surface area (Å²) in [5, 5.41) is 15.9. The molecule has 7 nitrogen and oxygen atoms in total. The number of aromatic nitrogens is 2. The molecule has 2 aromatic heterocycles. The molecule has 1 aromatic carbocycles. The number of amides is 1. The summed E-state index contributed by atoms with van der Waals surface area (Å²) < 4.78 is 1.95. The third-order valence-corrected chi connectivity index (χ3v) is 8.46. The molecule has 0 spiro atoms. The lowest BCUT2D eigenvalue weighted by molar-refractivity contribution is -0.132. The maximum atomic E-state index is 12.4. The minimum atomic E-state index is -0.743. The Morgan fingerprint density at radius 1 is 0.972 bits per heavy atom.